The molecule has 2 atom stereocenters. The highest BCUT2D eigenvalue weighted by Crippen LogP contribution is 2.12. The molecule has 1 aromatic rings. The number of rotatable bonds is 8. The highest BCUT2D eigenvalue weighted by atomic mass is 15.0. The second-order valence-corrected chi connectivity index (χ2v) is 4.89. The van der Waals surface area contributed by atoms with Crippen LogP contribution in [0.5, 0.6) is 0 Å². The van der Waals surface area contributed by atoms with Crippen LogP contribution in [-0.2, 0) is 0 Å². The van der Waals surface area contributed by atoms with E-state index >= 15 is 0 Å². The molecular formula is C15H26N2. The van der Waals surface area contributed by atoms with Crippen molar-refractivity contribution in [2.45, 2.75) is 65.0 Å². The Balaban J connectivity index is 2.24. The maximum Gasteiger partial charge on any atom is 0.0570 e. The molecule has 0 amide bonds. The smallest absolute Gasteiger partial charge is 0.0570 e. The van der Waals surface area contributed by atoms with Crippen molar-refractivity contribution in [1.82, 2.24) is 10.3 Å². The third kappa shape index (κ3) is 5.83. The van der Waals surface area contributed by atoms with Gasteiger partial charge in [0.2, 0.25) is 0 Å². The van der Waals surface area contributed by atoms with Crippen molar-refractivity contribution in [3.8, 4) is 0 Å². The molecular weight excluding hydrogens is 208 g/mol. The van der Waals surface area contributed by atoms with Gasteiger partial charge in [0.25, 0.3) is 0 Å². The summed E-state index contributed by atoms with van der Waals surface area (Å²) < 4.78 is 0. The standard InChI is InChI=1S/C15H26N2/c1-4-5-6-7-10-13(2)17-14(3)15-11-8-9-12-16-15/h8-9,11-14,17H,4-7,10H2,1-3H3/t13?,14-/m0/s1. The van der Waals surface area contributed by atoms with Gasteiger partial charge in [0.15, 0.2) is 0 Å². The van der Waals surface area contributed by atoms with Crippen LogP contribution in [0.1, 0.15) is 64.6 Å². The summed E-state index contributed by atoms with van der Waals surface area (Å²) in [6.07, 6.45) is 8.49. The van der Waals surface area contributed by atoms with Crippen molar-refractivity contribution in [1.29, 1.82) is 0 Å². The summed E-state index contributed by atoms with van der Waals surface area (Å²) in [6, 6.07) is 7.01. The molecule has 2 heteroatoms. The van der Waals surface area contributed by atoms with Gasteiger partial charge >= 0.3 is 0 Å². The maximum absolute atomic E-state index is 4.38. The van der Waals surface area contributed by atoms with Crippen LogP contribution >= 0.6 is 0 Å². The average Bonchev–Trinajstić information content (AvgIpc) is 2.36. The van der Waals surface area contributed by atoms with Crippen LogP contribution in [0.3, 0.4) is 0 Å². The molecule has 0 fully saturated rings. The van der Waals surface area contributed by atoms with Crippen LogP contribution < -0.4 is 5.32 Å². The van der Waals surface area contributed by atoms with E-state index in [0.717, 1.165) is 5.69 Å². The molecule has 0 saturated heterocycles. The minimum absolute atomic E-state index is 0.345. The van der Waals surface area contributed by atoms with Crippen molar-refractivity contribution in [3.63, 3.8) is 0 Å². The molecule has 0 aliphatic carbocycles. The molecule has 0 aromatic carbocycles. The van der Waals surface area contributed by atoms with Crippen molar-refractivity contribution in [2.75, 3.05) is 0 Å². The predicted octanol–water partition coefficient (Wildman–Crippen LogP) is 4.09. The van der Waals surface area contributed by atoms with Gasteiger partial charge < -0.3 is 5.32 Å². The molecule has 0 aliphatic rings. The Morgan fingerprint density at radius 3 is 2.65 bits per heavy atom. The van der Waals surface area contributed by atoms with E-state index in [9.17, 15) is 0 Å². The van der Waals surface area contributed by atoms with Gasteiger partial charge in [-0.3, -0.25) is 4.98 Å². The lowest BCUT2D eigenvalue weighted by Crippen LogP contribution is -2.29. The molecule has 1 aromatic heterocycles. The number of nitrogens with zero attached hydrogens (tertiary/aromatic N) is 1. The summed E-state index contributed by atoms with van der Waals surface area (Å²) in [7, 11) is 0. The molecule has 1 N–H and O–H groups in total. The fourth-order valence-corrected chi connectivity index (χ4v) is 2.10. The first-order valence-electron chi connectivity index (χ1n) is 6.91. The van der Waals surface area contributed by atoms with E-state index in [1.807, 2.05) is 18.3 Å². The molecule has 0 radical (unpaired) electrons. The molecule has 1 heterocycles. The van der Waals surface area contributed by atoms with Crippen LogP contribution in [0.2, 0.25) is 0 Å². The summed E-state index contributed by atoms with van der Waals surface area (Å²) in [5.41, 5.74) is 1.13. The normalized spacial score (nSPS) is 14.5. The quantitative estimate of drug-likeness (QED) is 0.685. The van der Waals surface area contributed by atoms with Crippen LogP contribution in [0.15, 0.2) is 24.4 Å². The van der Waals surface area contributed by atoms with Crippen LogP contribution in [-0.4, -0.2) is 11.0 Å². The Kier molecular flexibility index (Phi) is 6.87. The maximum atomic E-state index is 4.38. The monoisotopic (exact) mass is 234 g/mol. The lowest BCUT2D eigenvalue weighted by molar-refractivity contribution is 0.433. The van der Waals surface area contributed by atoms with E-state index < -0.39 is 0 Å². The number of hydrogen-bond donors (Lipinski definition) is 1. The number of unbranched alkanes of at least 4 members (excludes halogenated alkanes) is 3. The molecule has 1 unspecified atom stereocenters. The Hall–Kier alpha value is -0.890. The van der Waals surface area contributed by atoms with Crippen LogP contribution in [0.4, 0.5) is 0 Å². The van der Waals surface area contributed by atoms with Gasteiger partial charge in [-0.1, -0.05) is 38.7 Å². The minimum atomic E-state index is 0.345. The van der Waals surface area contributed by atoms with E-state index in [2.05, 4.69) is 37.1 Å². The first-order chi connectivity index (χ1) is 8.24. The number of hydrogen-bond acceptors (Lipinski definition) is 2. The molecule has 2 nitrogen and oxygen atoms in total. The van der Waals surface area contributed by atoms with Gasteiger partial charge in [-0.25, -0.2) is 0 Å². The van der Waals surface area contributed by atoms with E-state index in [-0.39, 0.29) is 0 Å². The summed E-state index contributed by atoms with van der Waals surface area (Å²) in [5.74, 6) is 0. The molecule has 96 valence electrons. The van der Waals surface area contributed by atoms with Crippen LogP contribution in [0.25, 0.3) is 0 Å². The third-order valence-corrected chi connectivity index (χ3v) is 3.16. The Bertz CT molecular complexity index is 284. The minimum Gasteiger partial charge on any atom is -0.306 e. The highest BCUT2D eigenvalue weighted by molar-refractivity contribution is 5.07. The summed E-state index contributed by atoms with van der Waals surface area (Å²) in [4.78, 5) is 4.38. The van der Waals surface area contributed by atoms with Crippen LogP contribution in [0, 0.1) is 0 Å². The lowest BCUT2D eigenvalue weighted by Gasteiger charge is -2.19. The van der Waals surface area contributed by atoms with E-state index in [1.54, 1.807) is 0 Å². The predicted molar refractivity (Wildman–Crippen MR) is 74.0 cm³/mol. The van der Waals surface area contributed by atoms with Crippen molar-refractivity contribution >= 4 is 0 Å². The summed E-state index contributed by atoms with van der Waals surface area (Å²) >= 11 is 0. The topological polar surface area (TPSA) is 24.9 Å². The molecule has 1 rings (SSSR count). The molecule has 0 bridgehead atoms. The zero-order valence-electron chi connectivity index (χ0n) is 11.4. The van der Waals surface area contributed by atoms with Gasteiger partial charge in [0.1, 0.15) is 0 Å². The molecule has 0 spiro atoms. The lowest BCUT2D eigenvalue weighted by atomic mass is 10.1. The second-order valence-electron chi connectivity index (χ2n) is 4.89. The van der Waals surface area contributed by atoms with Gasteiger partial charge in [-0.05, 0) is 32.4 Å². The zero-order chi connectivity index (χ0) is 12.5. The van der Waals surface area contributed by atoms with Crippen molar-refractivity contribution in [2.24, 2.45) is 0 Å². The Labute approximate surface area is 106 Å². The van der Waals surface area contributed by atoms with E-state index in [1.165, 1.54) is 32.1 Å². The van der Waals surface area contributed by atoms with Gasteiger partial charge in [0, 0.05) is 18.3 Å². The van der Waals surface area contributed by atoms with Crippen molar-refractivity contribution in [3.05, 3.63) is 30.1 Å². The summed E-state index contributed by atoms with van der Waals surface area (Å²) in [5, 5.41) is 3.61. The van der Waals surface area contributed by atoms with Crippen molar-refractivity contribution < 1.29 is 0 Å². The Morgan fingerprint density at radius 2 is 2.00 bits per heavy atom. The molecule has 17 heavy (non-hydrogen) atoms. The first kappa shape index (κ1) is 14.2. The molecule has 0 aliphatic heterocycles. The summed E-state index contributed by atoms with van der Waals surface area (Å²) in [6.45, 7) is 6.71. The van der Waals surface area contributed by atoms with E-state index in [4.69, 9.17) is 0 Å². The van der Waals surface area contributed by atoms with E-state index in [0.29, 0.717) is 12.1 Å². The van der Waals surface area contributed by atoms with Gasteiger partial charge in [-0.2, -0.15) is 0 Å². The first-order valence-corrected chi connectivity index (χ1v) is 6.91. The van der Waals surface area contributed by atoms with Gasteiger partial charge in [-0.15, -0.1) is 0 Å². The fourth-order valence-electron chi connectivity index (χ4n) is 2.10. The number of pyridine rings is 1. The third-order valence-electron chi connectivity index (χ3n) is 3.16. The average molecular weight is 234 g/mol. The Morgan fingerprint density at radius 1 is 1.18 bits per heavy atom. The zero-order valence-corrected chi connectivity index (χ0v) is 11.4. The van der Waals surface area contributed by atoms with Gasteiger partial charge in [0.05, 0.1) is 5.69 Å². The second kappa shape index (κ2) is 8.24. The highest BCUT2D eigenvalue weighted by Gasteiger charge is 2.09. The fraction of sp³-hybridized carbons (Fsp3) is 0.667. The SMILES string of the molecule is CCCCCCC(C)N[C@@H](C)c1ccccn1. The number of nitrogens with one attached hydrogen (secondary N) is 1. The number of aromatic nitrogens is 1. The molecule has 0 saturated carbocycles. The largest absolute Gasteiger partial charge is 0.306 e.